The van der Waals surface area contributed by atoms with Gasteiger partial charge in [0.25, 0.3) is 5.91 Å². The Kier molecular flexibility index (Phi) is 5.73. The fourth-order valence-corrected chi connectivity index (χ4v) is 2.58. The van der Waals surface area contributed by atoms with E-state index in [1.165, 1.54) is 12.1 Å². The molecule has 1 aromatic heterocycles. The molecule has 1 heterocycles. The number of para-hydroxylation sites is 1. The molecule has 2 aromatic carbocycles. The number of benzene rings is 2. The Bertz CT molecular complexity index is 971. The second-order valence-corrected chi connectivity index (χ2v) is 6.02. The molecule has 3 N–H and O–H groups in total. The van der Waals surface area contributed by atoms with E-state index in [1.54, 1.807) is 24.4 Å². The molecule has 0 spiro atoms. The van der Waals surface area contributed by atoms with Crippen LogP contribution in [0.15, 0.2) is 59.1 Å². The molecular formula is C19H16ClN3O4. The molecule has 3 aromatic rings. The monoisotopic (exact) mass is 385 g/mol. The lowest BCUT2D eigenvalue weighted by atomic mass is 10.2. The quantitative estimate of drug-likeness (QED) is 0.585. The second kappa shape index (κ2) is 8.37. The highest BCUT2D eigenvalue weighted by molar-refractivity contribution is 6.33. The molecule has 0 radical (unpaired) electrons. The van der Waals surface area contributed by atoms with E-state index in [4.69, 9.17) is 16.0 Å². The number of aromatic nitrogens is 1. The maximum absolute atomic E-state index is 11.9. The molecule has 0 aliphatic rings. The van der Waals surface area contributed by atoms with E-state index in [1.807, 2.05) is 18.2 Å². The van der Waals surface area contributed by atoms with Gasteiger partial charge in [0.2, 0.25) is 5.91 Å². The van der Waals surface area contributed by atoms with Gasteiger partial charge in [-0.05, 0) is 24.3 Å². The van der Waals surface area contributed by atoms with Crippen molar-refractivity contribution < 1.29 is 19.1 Å². The van der Waals surface area contributed by atoms with Gasteiger partial charge in [0, 0.05) is 18.4 Å². The molecule has 2 amide bonds. The predicted octanol–water partition coefficient (Wildman–Crippen LogP) is 3.09. The number of carbonyl (C=O) groups excluding carboxylic acids is 2. The number of phenolic OH excluding ortho intramolecular Hbond substituents is 1. The standard InChI is InChI=1S/C19H16ClN3O4/c20-14-7-3-1-5-12(14)16-11-21-18(27-16)10-9-17(25)22-23-19(26)13-6-2-4-8-15(13)24/h1-8,11,24H,9-10H2,(H,22,25)(H,23,26). The summed E-state index contributed by atoms with van der Waals surface area (Å²) in [6, 6.07) is 13.2. The van der Waals surface area contributed by atoms with Crippen LogP contribution in [0.5, 0.6) is 5.75 Å². The predicted molar refractivity (Wildman–Crippen MR) is 99.0 cm³/mol. The first kappa shape index (κ1) is 18.5. The molecule has 0 unspecified atom stereocenters. The number of hydrazine groups is 1. The van der Waals surface area contributed by atoms with Gasteiger partial charge in [0.1, 0.15) is 5.75 Å². The lowest BCUT2D eigenvalue weighted by Gasteiger charge is -2.07. The summed E-state index contributed by atoms with van der Waals surface area (Å²) >= 11 is 6.12. The summed E-state index contributed by atoms with van der Waals surface area (Å²) in [7, 11) is 0. The number of carbonyl (C=O) groups is 2. The van der Waals surface area contributed by atoms with E-state index in [-0.39, 0.29) is 24.2 Å². The van der Waals surface area contributed by atoms with Crippen LogP contribution in [0.4, 0.5) is 0 Å². The minimum absolute atomic E-state index is 0.0591. The van der Waals surface area contributed by atoms with E-state index >= 15 is 0 Å². The van der Waals surface area contributed by atoms with Crippen LogP contribution in [0.1, 0.15) is 22.7 Å². The Balaban J connectivity index is 1.51. The van der Waals surface area contributed by atoms with Gasteiger partial charge in [-0.15, -0.1) is 0 Å². The number of hydrogen-bond donors (Lipinski definition) is 3. The van der Waals surface area contributed by atoms with E-state index in [0.29, 0.717) is 16.7 Å². The van der Waals surface area contributed by atoms with E-state index < -0.39 is 11.8 Å². The number of phenols is 1. The van der Waals surface area contributed by atoms with Crippen molar-refractivity contribution in [2.75, 3.05) is 0 Å². The van der Waals surface area contributed by atoms with Gasteiger partial charge < -0.3 is 9.52 Å². The van der Waals surface area contributed by atoms with Crippen molar-refractivity contribution in [1.82, 2.24) is 15.8 Å². The molecule has 0 saturated carbocycles. The Morgan fingerprint density at radius 3 is 2.59 bits per heavy atom. The van der Waals surface area contributed by atoms with Crippen LogP contribution < -0.4 is 10.9 Å². The molecule has 0 bridgehead atoms. The Hall–Kier alpha value is -3.32. The lowest BCUT2D eigenvalue weighted by Crippen LogP contribution is -2.41. The summed E-state index contributed by atoms with van der Waals surface area (Å²) in [6.45, 7) is 0. The van der Waals surface area contributed by atoms with Crippen LogP contribution in [0.3, 0.4) is 0 Å². The number of hydrogen-bond acceptors (Lipinski definition) is 5. The average molecular weight is 386 g/mol. The lowest BCUT2D eigenvalue weighted by molar-refractivity contribution is -0.121. The van der Waals surface area contributed by atoms with Crippen LogP contribution in [0, 0.1) is 0 Å². The number of nitrogens with zero attached hydrogens (tertiary/aromatic N) is 1. The topological polar surface area (TPSA) is 104 Å². The number of amides is 2. The molecule has 0 atom stereocenters. The zero-order chi connectivity index (χ0) is 19.2. The van der Waals surface area contributed by atoms with Crippen molar-refractivity contribution in [2.45, 2.75) is 12.8 Å². The molecule has 7 nitrogen and oxygen atoms in total. The third-order valence-corrected chi connectivity index (χ3v) is 4.05. The van der Waals surface area contributed by atoms with Gasteiger partial charge >= 0.3 is 0 Å². The first-order chi connectivity index (χ1) is 13.0. The number of oxazole rings is 1. The largest absolute Gasteiger partial charge is 0.507 e. The SMILES string of the molecule is O=C(CCc1ncc(-c2ccccc2Cl)o1)NNC(=O)c1ccccc1O. The van der Waals surface area contributed by atoms with Gasteiger partial charge in [0.15, 0.2) is 11.7 Å². The average Bonchev–Trinajstić information content (AvgIpc) is 3.14. The van der Waals surface area contributed by atoms with E-state index in [0.717, 1.165) is 5.56 Å². The number of aryl methyl sites for hydroxylation is 1. The summed E-state index contributed by atoms with van der Waals surface area (Å²) < 4.78 is 5.62. The maximum Gasteiger partial charge on any atom is 0.273 e. The highest BCUT2D eigenvalue weighted by atomic mass is 35.5. The van der Waals surface area contributed by atoms with Gasteiger partial charge in [-0.3, -0.25) is 20.4 Å². The molecule has 27 heavy (non-hydrogen) atoms. The third-order valence-electron chi connectivity index (χ3n) is 3.72. The summed E-state index contributed by atoms with van der Waals surface area (Å²) in [4.78, 5) is 27.9. The van der Waals surface area contributed by atoms with Crippen LogP contribution in [-0.2, 0) is 11.2 Å². The minimum Gasteiger partial charge on any atom is -0.507 e. The molecular weight excluding hydrogens is 370 g/mol. The van der Waals surface area contributed by atoms with Crippen LogP contribution >= 0.6 is 11.6 Å². The van der Waals surface area contributed by atoms with Crippen molar-refractivity contribution >= 4 is 23.4 Å². The number of halogens is 1. The summed E-state index contributed by atoms with van der Waals surface area (Å²) in [6.07, 6.45) is 1.86. The van der Waals surface area contributed by atoms with Gasteiger partial charge in [-0.25, -0.2) is 4.98 Å². The van der Waals surface area contributed by atoms with Crippen molar-refractivity contribution in [3.8, 4) is 17.1 Å². The van der Waals surface area contributed by atoms with Crippen molar-refractivity contribution in [1.29, 1.82) is 0 Å². The van der Waals surface area contributed by atoms with E-state index in [9.17, 15) is 14.7 Å². The zero-order valence-electron chi connectivity index (χ0n) is 14.1. The van der Waals surface area contributed by atoms with Crippen molar-refractivity contribution in [3.05, 3.63) is 71.2 Å². The Morgan fingerprint density at radius 1 is 1.07 bits per heavy atom. The summed E-state index contributed by atoms with van der Waals surface area (Å²) in [5, 5.41) is 10.2. The van der Waals surface area contributed by atoms with Crippen molar-refractivity contribution in [2.24, 2.45) is 0 Å². The summed E-state index contributed by atoms with van der Waals surface area (Å²) in [5.41, 5.74) is 5.32. The van der Waals surface area contributed by atoms with Crippen LogP contribution in [0.2, 0.25) is 5.02 Å². The minimum atomic E-state index is -0.612. The van der Waals surface area contributed by atoms with Gasteiger partial charge in [-0.2, -0.15) is 0 Å². The van der Waals surface area contributed by atoms with Crippen molar-refractivity contribution in [3.63, 3.8) is 0 Å². The Labute approximate surface area is 160 Å². The summed E-state index contributed by atoms with van der Waals surface area (Å²) in [5.74, 6) is -0.304. The maximum atomic E-state index is 11.9. The molecule has 0 saturated heterocycles. The number of aromatic hydroxyl groups is 1. The highest BCUT2D eigenvalue weighted by Crippen LogP contribution is 2.28. The van der Waals surface area contributed by atoms with Crippen LogP contribution in [-0.4, -0.2) is 21.9 Å². The molecule has 0 fully saturated rings. The third kappa shape index (κ3) is 4.65. The second-order valence-electron chi connectivity index (χ2n) is 5.62. The fraction of sp³-hybridized carbons (Fsp3) is 0.105. The van der Waals surface area contributed by atoms with Gasteiger partial charge in [0.05, 0.1) is 16.8 Å². The Morgan fingerprint density at radius 2 is 1.81 bits per heavy atom. The molecule has 138 valence electrons. The molecule has 3 rings (SSSR count). The first-order valence-corrected chi connectivity index (χ1v) is 8.49. The highest BCUT2D eigenvalue weighted by Gasteiger charge is 2.13. The molecule has 0 aliphatic heterocycles. The van der Waals surface area contributed by atoms with Gasteiger partial charge in [-0.1, -0.05) is 35.9 Å². The number of nitrogens with one attached hydrogen (secondary N) is 2. The first-order valence-electron chi connectivity index (χ1n) is 8.11. The zero-order valence-corrected chi connectivity index (χ0v) is 14.9. The van der Waals surface area contributed by atoms with E-state index in [2.05, 4.69) is 15.8 Å². The fourth-order valence-electron chi connectivity index (χ4n) is 2.35. The smallest absolute Gasteiger partial charge is 0.273 e. The van der Waals surface area contributed by atoms with Crippen LogP contribution in [0.25, 0.3) is 11.3 Å². The normalized spacial score (nSPS) is 10.4. The molecule has 0 aliphatic carbocycles. The molecule has 8 heteroatoms. The number of rotatable bonds is 5.